The first-order chi connectivity index (χ1) is 2.91. The quantitative estimate of drug-likeness (QED) is 0.344. The maximum atomic E-state index is 9.44. The molecule has 0 aromatic carbocycles. The summed E-state index contributed by atoms with van der Waals surface area (Å²) in [5.41, 5.74) is 0. The van der Waals surface area contributed by atoms with Crippen molar-refractivity contribution in [3.05, 3.63) is 0 Å². The molecule has 0 saturated carbocycles. The molecule has 0 spiro atoms. The average molecular weight is 148 g/mol. The third-order valence-corrected chi connectivity index (χ3v) is 0.636. The fraction of sp³-hybridized carbons (Fsp3) is 1.00. The van der Waals surface area contributed by atoms with Crippen LogP contribution in [0.25, 0.3) is 0 Å². The van der Waals surface area contributed by atoms with Crippen LogP contribution in [0.1, 0.15) is 16.2 Å². The van der Waals surface area contributed by atoms with Gasteiger partial charge in [0, 0.05) is 0 Å². The summed E-state index contributed by atoms with van der Waals surface area (Å²) in [4.78, 5) is 0. The molecule has 40 valence electrons. The summed E-state index contributed by atoms with van der Waals surface area (Å²) in [6.07, 6.45) is 0.926. The molecule has 0 rings (SSSR count). The van der Waals surface area contributed by atoms with Crippen LogP contribution < -0.4 is 0 Å². The van der Waals surface area contributed by atoms with Crippen LogP contribution in [-0.2, 0) is 9.09 Å². The van der Waals surface area contributed by atoms with Crippen molar-refractivity contribution in [1.82, 2.24) is 0 Å². The molecule has 0 fully saturated rings. The van der Waals surface area contributed by atoms with Gasteiger partial charge in [-0.2, -0.15) is 0 Å². The van der Waals surface area contributed by atoms with Gasteiger partial charge in [-0.05, 0) is 6.42 Å². The third kappa shape index (κ3) is 11.1. The fourth-order valence-corrected chi connectivity index (χ4v) is 0.386. The average Bonchev–Trinajstić information content (AvgIpc) is 1.61. The summed E-state index contributed by atoms with van der Waals surface area (Å²) in [6.45, 7) is 2.55. The Hall–Kier alpha value is 1.32. The van der Waals surface area contributed by atoms with Gasteiger partial charge in [0.15, 0.2) is 0 Å². The third-order valence-electron chi connectivity index (χ3n) is 0.348. The molecule has 2 nitrogen and oxygen atoms in total. The molecule has 0 heterocycles. The molecule has 0 aromatic rings. The maximum absolute atomic E-state index is 9.44. The summed E-state index contributed by atoms with van der Waals surface area (Å²) in [7, 11) is -0.205. The minimum absolute atomic E-state index is 0. The van der Waals surface area contributed by atoms with Crippen molar-refractivity contribution in [2.24, 2.45) is 0 Å². The van der Waals surface area contributed by atoms with Crippen LogP contribution in [-0.4, -0.2) is 44.3 Å². The molecule has 0 bridgehead atoms. The van der Waals surface area contributed by atoms with E-state index in [1.54, 1.807) is 0 Å². The van der Waals surface area contributed by atoms with Crippen molar-refractivity contribution in [3.8, 4) is 0 Å². The first-order valence-electron chi connectivity index (χ1n) is 1.86. The van der Waals surface area contributed by atoms with Crippen LogP contribution >= 0.6 is 8.69 Å². The van der Waals surface area contributed by atoms with E-state index in [0.29, 0.717) is 6.61 Å². The zero-order chi connectivity index (χ0) is 4.83. The molecule has 0 unspecified atom stereocenters. The van der Waals surface area contributed by atoms with Crippen molar-refractivity contribution < 1.29 is 11.9 Å². The van der Waals surface area contributed by atoms with E-state index in [9.17, 15) is 4.57 Å². The van der Waals surface area contributed by atoms with Gasteiger partial charge in [-0.3, -0.25) is 4.52 Å². The summed E-state index contributed by atoms with van der Waals surface area (Å²) in [6, 6.07) is 0. The van der Waals surface area contributed by atoms with E-state index < -0.39 is 0 Å². The van der Waals surface area contributed by atoms with Gasteiger partial charge in [-0.25, -0.2) is 4.57 Å². The van der Waals surface area contributed by atoms with E-state index in [-0.39, 0.29) is 49.3 Å². The van der Waals surface area contributed by atoms with E-state index in [1.165, 1.54) is 0 Å². The van der Waals surface area contributed by atoms with Gasteiger partial charge in [0.25, 0.3) is 0 Å². The first kappa shape index (κ1) is 11.2. The Bertz CT molecular complexity index is 48.8. The van der Waals surface area contributed by atoms with E-state index in [1.807, 2.05) is 6.92 Å². The van der Waals surface area contributed by atoms with E-state index in [2.05, 4.69) is 4.52 Å². The summed E-state index contributed by atoms with van der Waals surface area (Å²) in [5.74, 6) is 0. The predicted molar refractivity (Wildman–Crippen MR) is 31.8 cm³/mol. The largest absolute Gasteiger partial charge is 2.00 e. The van der Waals surface area contributed by atoms with Crippen molar-refractivity contribution in [1.29, 1.82) is 0 Å². The van der Waals surface area contributed by atoms with Gasteiger partial charge in [-0.1, -0.05) is 6.92 Å². The van der Waals surface area contributed by atoms with Gasteiger partial charge in [-0.15, -0.1) is 0 Å². The molecule has 0 aliphatic carbocycles. The SMILES string of the molecule is CCCOP=O.[Ca+2].[H-].[H-]. The van der Waals surface area contributed by atoms with Crippen LogP contribution in [0.15, 0.2) is 0 Å². The van der Waals surface area contributed by atoms with Crippen molar-refractivity contribution >= 4 is 46.4 Å². The Balaban J connectivity index is -0.0000000417. The van der Waals surface area contributed by atoms with Crippen LogP contribution in [0.4, 0.5) is 0 Å². The Labute approximate surface area is 77.9 Å². The normalized spacial score (nSPS) is 8.14. The Morgan fingerprint density at radius 2 is 2.43 bits per heavy atom. The molecule has 7 heavy (non-hydrogen) atoms. The molecule has 4 heteroatoms. The molecule has 0 aromatic heterocycles. The molecule has 0 amide bonds. The standard InChI is InChI=1S/C3H7O2P.Ca.2H/c1-2-3-5-6-4;;;/h2-3H2,1H3;;;/q;+2;2*-1. The van der Waals surface area contributed by atoms with Gasteiger partial charge < -0.3 is 2.85 Å². The van der Waals surface area contributed by atoms with Gasteiger partial charge >= 0.3 is 46.4 Å². The minimum atomic E-state index is -0.205. The Morgan fingerprint density at radius 3 is 2.57 bits per heavy atom. The number of hydrogen-bond acceptors (Lipinski definition) is 2. The molecule has 0 N–H and O–H groups in total. The monoisotopic (exact) mass is 148 g/mol. The van der Waals surface area contributed by atoms with Gasteiger partial charge in [0.1, 0.15) is 0 Å². The fourth-order valence-electron chi connectivity index (χ4n) is 0.129. The predicted octanol–water partition coefficient (Wildman–Crippen LogP) is 1.46. The molecule has 0 atom stereocenters. The molecule has 0 aliphatic rings. The topological polar surface area (TPSA) is 26.3 Å². The second-order valence-corrected chi connectivity index (χ2v) is 1.32. The van der Waals surface area contributed by atoms with Crippen LogP contribution in [0.3, 0.4) is 0 Å². The number of hydrogen-bond donors (Lipinski definition) is 0. The Morgan fingerprint density at radius 1 is 1.86 bits per heavy atom. The molecular weight excluding hydrogens is 139 g/mol. The minimum Gasteiger partial charge on any atom is -1.00 e. The second kappa shape index (κ2) is 10.3. The van der Waals surface area contributed by atoms with Crippen molar-refractivity contribution in [3.63, 3.8) is 0 Å². The number of rotatable bonds is 3. The van der Waals surface area contributed by atoms with Crippen LogP contribution in [0, 0.1) is 0 Å². The van der Waals surface area contributed by atoms with Crippen molar-refractivity contribution in [2.75, 3.05) is 6.61 Å². The zero-order valence-electron chi connectivity index (χ0n) is 6.39. The van der Waals surface area contributed by atoms with Crippen LogP contribution in [0.2, 0.25) is 0 Å². The summed E-state index contributed by atoms with van der Waals surface area (Å²) >= 11 is 0. The molecule has 0 saturated heterocycles. The molecular formula is C3H9CaO2P. The molecule has 0 aliphatic heterocycles. The smallest absolute Gasteiger partial charge is 1.00 e. The molecule has 0 radical (unpaired) electrons. The second-order valence-electron chi connectivity index (χ2n) is 0.908. The van der Waals surface area contributed by atoms with Crippen LogP contribution in [0.5, 0.6) is 0 Å². The first-order valence-corrected chi connectivity index (χ1v) is 2.59. The summed E-state index contributed by atoms with van der Waals surface area (Å²) < 4.78 is 13.8. The van der Waals surface area contributed by atoms with E-state index >= 15 is 0 Å². The van der Waals surface area contributed by atoms with Crippen molar-refractivity contribution in [2.45, 2.75) is 13.3 Å². The van der Waals surface area contributed by atoms with E-state index in [4.69, 9.17) is 0 Å². The Kier molecular flexibility index (Phi) is 16.5. The van der Waals surface area contributed by atoms with Gasteiger partial charge in [0.2, 0.25) is 0 Å². The zero-order valence-corrected chi connectivity index (χ0v) is 7.49. The van der Waals surface area contributed by atoms with E-state index in [0.717, 1.165) is 6.42 Å². The van der Waals surface area contributed by atoms with Gasteiger partial charge in [0.05, 0.1) is 6.61 Å². The maximum Gasteiger partial charge on any atom is 2.00 e. The summed E-state index contributed by atoms with van der Waals surface area (Å²) in [5, 5.41) is 0.